The summed E-state index contributed by atoms with van der Waals surface area (Å²) < 4.78 is 49.7. The molecule has 0 bridgehead atoms. The van der Waals surface area contributed by atoms with Crippen molar-refractivity contribution in [1.82, 2.24) is 15.1 Å². The largest absolute Gasteiger partial charge is 0.504 e. The van der Waals surface area contributed by atoms with E-state index >= 15 is 0 Å². The molecule has 0 saturated heterocycles. The number of benzene rings is 3. The van der Waals surface area contributed by atoms with Crippen LogP contribution in [0.3, 0.4) is 0 Å². The number of phenolic OH excluding ortho intramolecular Hbond substituents is 1. The van der Waals surface area contributed by atoms with Gasteiger partial charge in [-0.2, -0.15) is 23.7 Å². The fraction of sp³-hybridized carbons (Fsp3) is 0.125. The second-order valence-electron chi connectivity index (χ2n) is 7.57. The Bertz CT molecular complexity index is 1440. The second-order valence-corrected chi connectivity index (χ2v) is 9.14. The lowest BCUT2D eigenvalue weighted by Gasteiger charge is -2.10. The first-order valence-corrected chi connectivity index (χ1v) is 11.9. The molecule has 4 aromatic rings. The van der Waals surface area contributed by atoms with E-state index in [0.717, 1.165) is 0 Å². The van der Waals surface area contributed by atoms with E-state index in [0.29, 0.717) is 40.5 Å². The Hall–Kier alpha value is -3.77. The van der Waals surface area contributed by atoms with Gasteiger partial charge in [0.1, 0.15) is 18.1 Å². The zero-order chi connectivity index (χ0) is 25.0. The molecule has 11 heteroatoms. The minimum absolute atomic E-state index is 0.00623. The average Bonchev–Trinajstić information content (AvgIpc) is 3.29. The summed E-state index contributed by atoms with van der Waals surface area (Å²) in [7, 11) is -2.33. The van der Waals surface area contributed by atoms with Gasteiger partial charge in [0.25, 0.3) is 0 Å². The van der Waals surface area contributed by atoms with Gasteiger partial charge in [-0.3, -0.25) is 0 Å². The highest BCUT2D eigenvalue weighted by Gasteiger charge is 2.17. The van der Waals surface area contributed by atoms with Crippen molar-refractivity contribution < 1.29 is 26.9 Å². The van der Waals surface area contributed by atoms with Crippen molar-refractivity contribution in [3.63, 3.8) is 0 Å². The Balaban J connectivity index is 1.73. The summed E-state index contributed by atoms with van der Waals surface area (Å²) in [5.74, 6) is 4.76. The van der Waals surface area contributed by atoms with Crippen molar-refractivity contribution in [3.05, 3.63) is 89.9 Å². The Morgan fingerprint density at radius 1 is 1.09 bits per heavy atom. The van der Waals surface area contributed by atoms with Crippen LogP contribution in [0.25, 0.3) is 16.9 Å². The second kappa shape index (κ2) is 10.2. The highest BCUT2D eigenvalue weighted by molar-refractivity contribution is 7.86. The van der Waals surface area contributed by atoms with Crippen LogP contribution < -0.4 is 16.0 Å². The molecule has 0 saturated carbocycles. The van der Waals surface area contributed by atoms with Crippen molar-refractivity contribution in [2.45, 2.75) is 18.0 Å². The maximum atomic E-state index is 14.7. The topological polar surface area (TPSA) is 129 Å². The molecule has 3 aromatic carbocycles. The van der Waals surface area contributed by atoms with Crippen molar-refractivity contribution in [1.29, 1.82) is 0 Å². The first-order valence-electron chi connectivity index (χ1n) is 10.5. The smallest absolute Gasteiger partial charge is 0.312 e. The van der Waals surface area contributed by atoms with E-state index in [1.54, 1.807) is 48.1 Å². The number of aromatic hydroxyl groups is 1. The maximum absolute atomic E-state index is 14.7. The van der Waals surface area contributed by atoms with Crippen molar-refractivity contribution in [2.75, 3.05) is 7.05 Å². The predicted octanol–water partition coefficient (Wildman–Crippen LogP) is 3.26. The molecule has 1 heterocycles. The molecule has 4 N–H and O–H groups in total. The van der Waals surface area contributed by atoms with Gasteiger partial charge in [0.05, 0.1) is 16.3 Å². The van der Waals surface area contributed by atoms with Crippen LogP contribution in [-0.4, -0.2) is 30.4 Å². The standard InChI is InChI=1S/C24H23FN4O5S/c1-27-14-17-7-6-16(12-21(17)25)22-13-18(15-33-24-5-3-2-4-23(24)30)28-29(22)19-8-10-20(11-9-19)35(31,32)34-26/h2-13,27,30H,14-15,26H2,1H3. The maximum Gasteiger partial charge on any atom is 0.312 e. The molecule has 0 radical (unpaired) electrons. The van der Waals surface area contributed by atoms with Crippen LogP contribution >= 0.6 is 0 Å². The number of nitrogens with zero attached hydrogens (tertiary/aromatic N) is 2. The van der Waals surface area contributed by atoms with Crippen molar-refractivity contribution >= 4 is 10.1 Å². The summed E-state index contributed by atoms with van der Waals surface area (Å²) in [4.78, 5) is -0.122. The molecule has 0 fully saturated rings. The summed E-state index contributed by atoms with van der Waals surface area (Å²) in [6.07, 6.45) is 0. The number of ether oxygens (including phenoxy) is 1. The lowest BCUT2D eigenvalue weighted by atomic mass is 10.1. The average molecular weight is 499 g/mol. The molecule has 35 heavy (non-hydrogen) atoms. The predicted molar refractivity (Wildman–Crippen MR) is 127 cm³/mol. The van der Waals surface area contributed by atoms with E-state index in [1.807, 2.05) is 0 Å². The van der Waals surface area contributed by atoms with Crippen LogP contribution in [-0.2, 0) is 27.6 Å². The number of hydrogen-bond donors (Lipinski definition) is 3. The highest BCUT2D eigenvalue weighted by Crippen LogP contribution is 2.29. The van der Waals surface area contributed by atoms with Gasteiger partial charge in [0.2, 0.25) is 0 Å². The summed E-state index contributed by atoms with van der Waals surface area (Å²) in [5, 5.41) is 17.4. The number of nitrogens with one attached hydrogen (secondary N) is 1. The quantitative estimate of drug-likeness (QED) is 0.300. The number of halogens is 1. The fourth-order valence-corrected chi connectivity index (χ4v) is 4.06. The molecule has 0 amide bonds. The van der Waals surface area contributed by atoms with Gasteiger partial charge in [0, 0.05) is 17.7 Å². The fourth-order valence-electron chi connectivity index (χ4n) is 3.48. The van der Waals surface area contributed by atoms with Crippen LogP contribution in [0.4, 0.5) is 4.39 Å². The molecule has 1 aromatic heterocycles. The zero-order valence-corrected chi connectivity index (χ0v) is 19.5. The zero-order valence-electron chi connectivity index (χ0n) is 18.7. The van der Waals surface area contributed by atoms with E-state index in [9.17, 15) is 17.9 Å². The summed E-state index contributed by atoms with van der Waals surface area (Å²) in [6.45, 7) is 0.412. The first-order chi connectivity index (χ1) is 16.8. The lowest BCUT2D eigenvalue weighted by Crippen LogP contribution is -2.11. The minimum Gasteiger partial charge on any atom is -0.504 e. The number of para-hydroxylation sites is 2. The van der Waals surface area contributed by atoms with Gasteiger partial charge in [0.15, 0.2) is 11.5 Å². The van der Waals surface area contributed by atoms with Crippen LogP contribution in [0.5, 0.6) is 11.5 Å². The normalized spacial score (nSPS) is 11.5. The van der Waals surface area contributed by atoms with Crippen LogP contribution in [0.15, 0.2) is 77.7 Å². The van der Waals surface area contributed by atoms with Gasteiger partial charge < -0.3 is 15.2 Å². The van der Waals surface area contributed by atoms with Gasteiger partial charge in [-0.15, -0.1) is 0 Å². The molecule has 4 rings (SSSR count). The minimum atomic E-state index is -4.06. The van der Waals surface area contributed by atoms with E-state index in [-0.39, 0.29) is 23.1 Å². The molecule has 182 valence electrons. The first kappa shape index (κ1) is 24.4. The Kier molecular flexibility index (Phi) is 7.12. The molecule has 0 aliphatic rings. The third-order valence-corrected chi connectivity index (χ3v) is 6.32. The van der Waals surface area contributed by atoms with Gasteiger partial charge >= 0.3 is 10.1 Å². The Morgan fingerprint density at radius 2 is 1.83 bits per heavy atom. The molecule has 0 atom stereocenters. The summed E-state index contributed by atoms with van der Waals surface area (Å²) >= 11 is 0. The van der Waals surface area contributed by atoms with Gasteiger partial charge in [-0.05, 0) is 55.6 Å². The van der Waals surface area contributed by atoms with Crippen molar-refractivity contribution in [2.24, 2.45) is 5.90 Å². The molecule has 9 nitrogen and oxygen atoms in total. The Labute approximate surface area is 201 Å². The summed E-state index contributed by atoms with van der Waals surface area (Å²) in [5.41, 5.74) is 2.66. The molecule has 0 spiro atoms. The third-order valence-electron chi connectivity index (χ3n) is 5.21. The molecule has 0 aliphatic heterocycles. The number of rotatable bonds is 9. The molecule has 0 aliphatic carbocycles. The molecular weight excluding hydrogens is 475 g/mol. The summed E-state index contributed by atoms with van der Waals surface area (Å²) in [6, 6.07) is 18.9. The van der Waals surface area contributed by atoms with Crippen LogP contribution in [0.2, 0.25) is 0 Å². The lowest BCUT2D eigenvalue weighted by molar-refractivity contribution is 0.284. The molecular formula is C24H23FN4O5S. The Morgan fingerprint density at radius 3 is 2.49 bits per heavy atom. The van der Waals surface area contributed by atoms with Crippen molar-refractivity contribution in [3.8, 4) is 28.4 Å². The number of phenols is 1. The SMILES string of the molecule is CNCc1ccc(-c2cc(COc3ccccc3O)nn2-c2ccc(S(=O)(=O)ON)cc2)cc1F. The van der Waals surface area contributed by atoms with Gasteiger partial charge in [-0.25, -0.2) is 9.07 Å². The molecule has 0 unspecified atom stereocenters. The monoisotopic (exact) mass is 498 g/mol. The number of aromatic nitrogens is 2. The third kappa shape index (κ3) is 5.33. The highest BCUT2D eigenvalue weighted by atomic mass is 32.2. The number of nitrogens with two attached hydrogens (primary N) is 1. The van der Waals surface area contributed by atoms with Crippen LogP contribution in [0, 0.1) is 5.82 Å². The van der Waals surface area contributed by atoms with Gasteiger partial charge in [-0.1, -0.05) is 24.3 Å². The van der Waals surface area contributed by atoms with E-state index < -0.39 is 10.1 Å². The van der Waals surface area contributed by atoms with Crippen LogP contribution in [0.1, 0.15) is 11.3 Å². The van der Waals surface area contributed by atoms with E-state index in [1.165, 1.54) is 36.4 Å². The van der Waals surface area contributed by atoms with E-state index in [4.69, 9.17) is 10.6 Å². The van der Waals surface area contributed by atoms with E-state index in [2.05, 4.69) is 14.7 Å². The number of hydrogen-bond acceptors (Lipinski definition) is 8.